The second-order valence-electron chi connectivity index (χ2n) is 10.9. The van der Waals surface area contributed by atoms with Crippen LogP contribution in [0.3, 0.4) is 0 Å². The number of unbranched alkanes of at least 4 members (excludes halogenated alkanes) is 1. The lowest BCUT2D eigenvalue weighted by Crippen LogP contribution is -2.54. The van der Waals surface area contributed by atoms with Gasteiger partial charge in [-0.25, -0.2) is 4.79 Å². The fourth-order valence-electron chi connectivity index (χ4n) is 4.11. The summed E-state index contributed by atoms with van der Waals surface area (Å²) in [4.78, 5) is 42.3. The number of phenols is 1. The molecule has 0 aliphatic rings. The van der Waals surface area contributed by atoms with Crippen molar-refractivity contribution in [3.05, 3.63) is 71.8 Å². The monoisotopic (exact) mass is 537 g/mol. The van der Waals surface area contributed by atoms with Gasteiger partial charge in [0.15, 0.2) is 0 Å². The molecule has 0 aliphatic heterocycles. The number of benzene rings is 2. The van der Waals surface area contributed by atoms with Crippen molar-refractivity contribution in [3.63, 3.8) is 0 Å². The number of amides is 3. The molecule has 0 saturated carbocycles. The normalized spacial score (nSPS) is 12.8. The molecule has 0 heterocycles. The maximum absolute atomic E-state index is 14.3. The van der Waals surface area contributed by atoms with Crippen LogP contribution in [0.5, 0.6) is 5.75 Å². The molecule has 0 fully saturated rings. The van der Waals surface area contributed by atoms with Gasteiger partial charge < -0.3 is 25.4 Å². The van der Waals surface area contributed by atoms with Gasteiger partial charge in [0.05, 0.1) is 0 Å². The van der Waals surface area contributed by atoms with E-state index >= 15 is 0 Å². The molecule has 212 valence electrons. The number of aromatic hydroxyl groups is 1. The highest BCUT2D eigenvalue weighted by atomic mass is 16.6. The highest BCUT2D eigenvalue weighted by Gasteiger charge is 2.36. The fourth-order valence-corrected chi connectivity index (χ4v) is 4.11. The van der Waals surface area contributed by atoms with Crippen LogP contribution in [0.1, 0.15) is 77.1 Å². The molecular weight excluding hydrogens is 494 g/mol. The highest BCUT2D eigenvalue weighted by Crippen LogP contribution is 2.26. The van der Waals surface area contributed by atoms with Crippen molar-refractivity contribution >= 4 is 24.0 Å². The topological polar surface area (TPSA) is 108 Å². The summed E-state index contributed by atoms with van der Waals surface area (Å²) in [5, 5.41) is 15.4. The minimum Gasteiger partial charge on any atom is -0.508 e. The Morgan fingerprint density at radius 3 is 2.31 bits per heavy atom. The lowest BCUT2D eigenvalue weighted by Gasteiger charge is -2.35. The second-order valence-corrected chi connectivity index (χ2v) is 10.9. The first kappa shape index (κ1) is 31.4. The number of carbonyl (C=O) groups excluding carboxylic acids is 3. The van der Waals surface area contributed by atoms with E-state index in [1.54, 1.807) is 43.9 Å². The summed E-state index contributed by atoms with van der Waals surface area (Å²) in [6.45, 7) is 15.1. The van der Waals surface area contributed by atoms with Crippen LogP contribution in [0.2, 0.25) is 0 Å². The molecule has 3 N–H and O–H groups in total. The third-order valence-corrected chi connectivity index (χ3v) is 5.85. The van der Waals surface area contributed by atoms with Gasteiger partial charge in [-0.05, 0) is 75.9 Å². The number of nitrogens with one attached hydrogen (secondary N) is 2. The van der Waals surface area contributed by atoms with Gasteiger partial charge in [0.2, 0.25) is 11.8 Å². The summed E-state index contributed by atoms with van der Waals surface area (Å²) in [6, 6.07) is 11.7. The summed E-state index contributed by atoms with van der Waals surface area (Å²) in [7, 11) is 0. The van der Waals surface area contributed by atoms with Gasteiger partial charge in [-0.3, -0.25) is 9.59 Å². The lowest BCUT2D eigenvalue weighted by molar-refractivity contribution is -0.142. The van der Waals surface area contributed by atoms with Crippen LogP contribution in [-0.2, 0) is 20.7 Å². The van der Waals surface area contributed by atoms with E-state index in [1.165, 1.54) is 12.1 Å². The first-order chi connectivity index (χ1) is 18.3. The number of phenolic OH excluding ortho intramolecular Hbond substituents is 1. The minimum absolute atomic E-state index is 0.0961. The molecule has 0 saturated heterocycles. The van der Waals surface area contributed by atoms with Crippen molar-refractivity contribution in [3.8, 4) is 5.75 Å². The molecule has 39 heavy (non-hydrogen) atoms. The molecule has 0 bridgehead atoms. The number of rotatable bonds is 12. The zero-order valence-electron chi connectivity index (χ0n) is 24.0. The van der Waals surface area contributed by atoms with Gasteiger partial charge in [0.1, 0.15) is 23.4 Å². The average molecular weight is 538 g/mol. The number of ether oxygens (including phenoxy) is 1. The van der Waals surface area contributed by atoms with E-state index < -0.39 is 29.7 Å². The van der Waals surface area contributed by atoms with Gasteiger partial charge in [0, 0.05) is 19.0 Å². The molecule has 0 aliphatic carbocycles. The summed E-state index contributed by atoms with van der Waals surface area (Å²) in [5.41, 5.74) is 1.44. The quantitative estimate of drug-likeness (QED) is 0.338. The summed E-state index contributed by atoms with van der Waals surface area (Å²) < 4.78 is 5.46. The second kappa shape index (κ2) is 14.4. The minimum atomic E-state index is -1.02. The van der Waals surface area contributed by atoms with Crippen molar-refractivity contribution in [2.75, 3.05) is 6.54 Å². The maximum Gasteiger partial charge on any atom is 0.408 e. The van der Waals surface area contributed by atoms with Crippen molar-refractivity contribution in [2.24, 2.45) is 0 Å². The smallest absolute Gasteiger partial charge is 0.408 e. The van der Waals surface area contributed by atoms with Gasteiger partial charge in [-0.2, -0.15) is 0 Å². The molecule has 0 radical (unpaired) electrons. The van der Waals surface area contributed by atoms with Crippen LogP contribution >= 0.6 is 0 Å². The molecule has 2 rings (SSSR count). The Hall–Kier alpha value is -3.81. The highest BCUT2D eigenvalue weighted by molar-refractivity contribution is 5.92. The first-order valence-electron chi connectivity index (χ1n) is 13.4. The van der Waals surface area contributed by atoms with Gasteiger partial charge in [0.25, 0.3) is 0 Å². The van der Waals surface area contributed by atoms with Crippen LogP contribution in [0.25, 0.3) is 6.08 Å². The molecule has 2 unspecified atom stereocenters. The third kappa shape index (κ3) is 10.1. The Bertz CT molecular complexity index is 1120. The number of hydrogen-bond donors (Lipinski definition) is 3. The fraction of sp³-hybridized carbons (Fsp3) is 0.452. The standard InChI is InChI=1S/C31H43N3O5/c1-8-10-18-34(27(28(36)32-21(3)4)24-13-11-12-22(9-2)19-24)29(37)26(33-30(38)39-31(5,6)7)20-23-14-16-25(35)17-15-23/h9,11-17,19,21,26-27,35H,2,8,10,18,20H2,1,3-7H3,(H,32,36)(H,33,38). The van der Waals surface area contributed by atoms with Crippen molar-refractivity contribution in [2.45, 2.75) is 84.5 Å². The molecule has 2 aromatic rings. The zero-order valence-corrected chi connectivity index (χ0v) is 24.0. The van der Waals surface area contributed by atoms with E-state index in [1.807, 2.05) is 45.0 Å². The Labute approximate surface area is 232 Å². The largest absolute Gasteiger partial charge is 0.508 e. The van der Waals surface area contributed by atoms with Crippen LogP contribution in [0.4, 0.5) is 4.79 Å². The maximum atomic E-state index is 14.3. The number of hydrogen-bond acceptors (Lipinski definition) is 5. The molecule has 8 heteroatoms. The Morgan fingerprint density at radius 2 is 1.74 bits per heavy atom. The van der Waals surface area contributed by atoms with E-state index in [2.05, 4.69) is 17.2 Å². The summed E-state index contributed by atoms with van der Waals surface area (Å²) in [6.07, 6.45) is 2.57. The third-order valence-electron chi connectivity index (χ3n) is 5.85. The molecule has 8 nitrogen and oxygen atoms in total. The molecule has 2 atom stereocenters. The van der Waals surface area contributed by atoms with Crippen LogP contribution in [0, 0.1) is 0 Å². The van der Waals surface area contributed by atoms with E-state index in [0.29, 0.717) is 18.5 Å². The van der Waals surface area contributed by atoms with E-state index in [4.69, 9.17) is 4.74 Å². The molecule has 3 amide bonds. The van der Waals surface area contributed by atoms with Gasteiger partial charge in [-0.1, -0.05) is 56.3 Å². The lowest BCUT2D eigenvalue weighted by atomic mass is 9.98. The Balaban J connectivity index is 2.57. The molecule has 2 aromatic carbocycles. The van der Waals surface area contributed by atoms with E-state index in [0.717, 1.165) is 17.5 Å². The average Bonchev–Trinajstić information content (AvgIpc) is 2.85. The van der Waals surface area contributed by atoms with E-state index in [9.17, 15) is 19.5 Å². The number of carbonyl (C=O) groups is 3. The molecular formula is C31H43N3O5. The number of nitrogens with zero attached hydrogens (tertiary/aromatic N) is 1. The summed E-state index contributed by atoms with van der Waals surface area (Å²) in [5.74, 6) is -0.620. The SMILES string of the molecule is C=Cc1cccc(C(C(=O)NC(C)C)N(CCCC)C(=O)C(Cc2ccc(O)cc2)NC(=O)OC(C)(C)C)c1. The predicted molar refractivity (Wildman–Crippen MR) is 154 cm³/mol. The number of alkyl carbamates (subject to hydrolysis) is 1. The van der Waals surface area contributed by atoms with Crippen LogP contribution < -0.4 is 10.6 Å². The first-order valence-corrected chi connectivity index (χ1v) is 13.4. The van der Waals surface area contributed by atoms with Crippen molar-refractivity contribution in [1.29, 1.82) is 0 Å². The zero-order chi connectivity index (χ0) is 29.2. The Morgan fingerprint density at radius 1 is 1.08 bits per heavy atom. The van der Waals surface area contributed by atoms with Gasteiger partial charge >= 0.3 is 6.09 Å². The predicted octanol–water partition coefficient (Wildman–Crippen LogP) is 5.37. The summed E-state index contributed by atoms with van der Waals surface area (Å²) >= 11 is 0. The van der Waals surface area contributed by atoms with Crippen molar-refractivity contribution < 1.29 is 24.2 Å². The Kier molecular flexibility index (Phi) is 11.6. The molecule has 0 spiro atoms. The van der Waals surface area contributed by atoms with E-state index in [-0.39, 0.29) is 24.1 Å². The van der Waals surface area contributed by atoms with Crippen molar-refractivity contribution in [1.82, 2.24) is 15.5 Å². The van der Waals surface area contributed by atoms with Crippen LogP contribution in [-0.4, -0.2) is 52.1 Å². The van der Waals surface area contributed by atoms with Crippen LogP contribution in [0.15, 0.2) is 55.1 Å². The van der Waals surface area contributed by atoms with Gasteiger partial charge in [-0.15, -0.1) is 0 Å². The molecule has 0 aromatic heterocycles.